The summed E-state index contributed by atoms with van der Waals surface area (Å²) in [6.07, 6.45) is -0.437. The van der Waals surface area contributed by atoms with Gasteiger partial charge in [0, 0.05) is 5.38 Å². The van der Waals surface area contributed by atoms with Gasteiger partial charge >= 0.3 is 6.09 Å². The van der Waals surface area contributed by atoms with Gasteiger partial charge in [-0.25, -0.2) is 9.78 Å². The number of halogens is 1. The van der Waals surface area contributed by atoms with E-state index in [1.165, 1.54) is 11.3 Å². The average molecular weight is 263 g/mol. The first-order valence-electron chi connectivity index (χ1n) is 4.87. The Balaban J connectivity index is 2.37. The normalized spacial score (nSPS) is 11.2. The van der Waals surface area contributed by atoms with Crippen LogP contribution in [-0.4, -0.2) is 16.7 Å². The predicted octanol–water partition coefficient (Wildman–Crippen LogP) is 2.91. The Labute approximate surface area is 104 Å². The molecule has 6 heteroatoms. The third kappa shape index (κ3) is 4.81. The van der Waals surface area contributed by atoms with Gasteiger partial charge in [0.15, 0.2) is 0 Å². The first-order chi connectivity index (χ1) is 7.40. The lowest BCUT2D eigenvalue weighted by Crippen LogP contribution is -2.32. The van der Waals surface area contributed by atoms with Crippen molar-refractivity contribution in [2.75, 3.05) is 0 Å². The second-order valence-electron chi connectivity index (χ2n) is 4.22. The molecule has 0 aliphatic heterocycles. The van der Waals surface area contributed by atoms with Gasteiger partial charge in [-0.05, 0) is 20.8 Å². The zero-order valence-corrected chi connectivity index (χ0v) is 11.1. The molecule has 0 bridgehead atoms. The molecule has 0 fully saturated rings. The van der Waals surface area contributed by atoms with Crippen molar-refractivity contribution in [2.45, 2.75) is 38.8 Å². The number of hydrogen-bond donors (Lipinski definition) is 1. The van der Waals surface area contributed by atoms with Crippen molar-refractivity contribution in [3.63, 3.8) is 0 Å². The molecule has 1 aromatic heterocycles. The van der Waals surface area contributed by atoms with Crippen LogP contribution in [0.25, 0.3) is 0 Å². The SMILES string of the molecule is CC(C)(C)OC(=O)NCc1csc(CCl)n1. The van der Waals surface area contributed by atoms with E-state index in [9.17, 15) is 4.79 Å². The number of amides is 1. The topological polar surface area (TPSA) is 51.2 Å². The van der Waals surface area contributed by atoms with Gasteiger partial charge in [-0.2, -0.15) is 0 Å². The van der Waals surface area contributed by atoms with Crippen LogP contribution < -0.4 is 5.32 Å². The summed E-state index contributed by atoms with van der Waals surface area (Å²) in [4.78, 5) is 15.5. The molecule has 0 unspecified atom stereocenters. The quantitative estimate of drug-likeness (QED) is 0.852. The second-order valence-corrected chi connectivity index (χ2v) is 5.43. The molecule has 16 heavy (non-hydrogen) atoms. The highest BCUT2D eigenvalue weighted by molar-refractivity contribution is 7.09. The highest BCUT2D eigenvalue weighted by atomic mass is 35.5. The number of carbonyl (C=O) groups excluding carboxylic acids is 1. The molecule has 1 aromatic rings. The fraction of sp³-hybridized carbons (Fsp3) is 0.600. The molecule has 0 spiro atoms. The lowest BCUT2D eigenvalue weighted by molar-refractivity contribution is 0.0523. The van der Waals surface area contributed by atoms with Crippen molar-refractivity contribution in [2.24, 2.45) is 0 Å². The summed E-state index contributed by atoms with van der Waals surface area (Å²) in [6.45, 7) is 5.82. The summed E-state index contributed by atoms with van der Waals surface area (Å²) >= 11 is 7.11. The molecule has 1 amide bonds. The first kappa shape index (κ1) is 13.3. The molecule has 1 heterocycles. The van der Waals surface area contributed by atoms with Gasteiger partial charge in [0.05, 0.1) is 18.1 Å². The van der Waals surface area contributed by atoms with E-state index in [4.69, 9.17) is 16.3 Å². The molecule has 0 radical (unpaired) electrons. The molecule has 0 aromatic carbocycles. The van der Waals surface area contributed by atoms with Crippen molar-refractivity contribution in [3.8, 4) is 0 Å². The van der Waals surface area contributed by atoms with Crippen molar-refractivity contribution < 1.29 is 9.53 Å². The highest BCUT2D eigenvalue weighted by Gasteiger charge is 2.15. The van der Waals surface area contributed by atoms with Crippen LogP contribution in [0.4, 0.5) is 4.79 Å². The number of alkyl carbamates (subject to hydrolysis) is 1. The number of ether oxygens (including phenoxy) is 1. The lowest BCUT2D eigenvalue weighted by atomic mass is 10.2. The Morgan fingerprint density at radius 3 is 2.81 bits per heavy atom. The maximum absolute atomic E-state index is 11.3. The summed E-state index contributed by atoms with van der Waals surface area (Å²) < 4.78 is 5.09. The van der Waals surface area contributed by atoms with E-state index in [0.717, 1.165) is 10.7 Å². The molecular weight excluding hydrogens is 248 g/mol. The third-order valence-corrected chi connectivity index (χ3v) is 2.84. The van der Waals surface area contributed by atoms with Crippen LogP contribution >= 0.6 is 22.9 Å². The van der Waals surface area contributed by atoms with Crippen LogP contribution in [0.5, 0.6) is 0 Å². The summed E-state index contributed by atoms with van der Waals surface area (Å²) in [7, 11) is 0. The van der Waals surface area contributed by atoms with E-state index in [-0.39, 0.29) is 0 Å². The molecule has 0 saturated heterocycles. The fourth-order valence-corrected chi connectivity index (χ4v) is 1.86. The van der Waals surface area contributed by atoms with E-state index in [1.807, 2.05) is 26.2 Å². The van der Waals surface area contributed by atoms with Gasteiger partial charge in [0.1, 0.15) is 10.6 Å². The maximum Gasteiger partial charge on any atom is 0.407 e. The van der Waals surface area contributed by atoms with Crippen LogP contribution in [0.2, 0.25) is 0 Å². The lowest BCUT2D eigenvalue weighted by Gasteiger charge is -2.19. The van der Waals surface area contributed by atoms with Crippen molar-refractivity contribution in [1.29, 1.82) is 0 Å². The number of nitrogens with zero attached hydrogens (tertiary/aromatic N) is 1. The Kier molecular flexibility index (Phi) is 4.56. The number of nitrogens with one attached hydrogen (secondary N) is 1. The van der Waals surface area contributed by atoms with Gasteiger partial charge < -0.3 is 10.1 Å². The van der Waals surface area contributed by atoms with Gasteiger partial charge in [-0.3, -0.25) is 0 Å². The fourth-order valence-electron chi connectivity index (χ4n) is 0.968. The molecule has 90 valence electrons. The smallest absolute Gasteiger partial charge is 0.407 e. The zero-order valence-electron chi connectivity index (χ0n) is 9.54. The van der Waals surface area contributed by atoms with Crippen molar-refractivity contribution in [3.05, 3.63) is 16.1 Å². The molecule has 0 atom stereocenters. The Bertz CT molecular complexity index is 360. The van der Waals surface area contributed by atoms with E-state index in [2.05, 4.69) is 10.3 Å². The minimum atomic E-state index is -0.479. The predicted molar refractivity (Wildman–Crippen MR) is 64.7 cm³/mol. The molecule has 4 nitrogen and oxygen atoms in total. The first-order valence-corrected chi connectivity index (χ1v) is 6.28. The summed E-state index contributed by atoms with van der Waals surface area (Å²) in [5, 5.41) is 5.35. The van der Waals surface area contributed by atoms with Gasteiger partial charge in [0.25, 0.3) is 0 Å². The Hall–Kier alpha value is -0.810. The van der Waals surface area contributed by atoms with Crippen LogP contribution in [0.3, 0.4) is 0 Å². The van der Waals surface area contributed by atoms with E-state index in [0.29, 0.717) is 12.4 Å². The molecule has 0 saturated carbocycles. The third-order valence-electron chi connectivity index (χ3n) is 1.53. The highest BCUT2D eigenvalue weighted by Crippen LogP contribution is 2.12. The largest absolute Gasteiger partial charge is 0.444 e. The Morgan fingerprint density at radius 1 is 1.62 bits per heavy atom. The molecule has 1 N–H and O–H groups in total. The number of hydrogen-bond acceptors (Lipinski definition) is 4. The van der Waals surface area contributed by atoms with E-state index in [1.54, 1.807) is 0 Å². The van der Waals surface area contributed by atoms with Crippen molar-refractivity contribution in [1.82, 2.24) is 10.3 Å². The molecule has 0 aliphatic rings. The summed E-state index contributed by atoms with van der Waals surface area (Å²) in [5.74, 6) is 0.400. The van der Waals surface area contributed by atoms with Crippen LogP contribution in [0.1, 0.15) is 31.5 Å². The number of alkyl halides is 1. The standard InChI is InChI=1S/C10H15ClN2O2S/c1-10(2,3)15-9(14)12-5-7-6-16-8(4-11)13-7/h6H,4-5H2,1-3H3,(H,12,14). The van der Waals surface area contributed by atoms with Crippen LogP contribution in [-0.2, 0) is 17.2 Å². The second kappa shape index (κ2) is 5.50. The molecule has 1 rings (SSSR count). The molecule has 0 aliphatic carbocycles. The number of rotatable bonds is 3. The monoisotopic (exact) mass is 262 g/mol. The number of carbonyl (C=O) groups is 1. The Morgan fingerprint density at radius 2 is 2.31 bits per heavy atom. The van der Waals surface area contributed by atoms with Crippen LogP contribution in [0, 0.1) is 0 Å². The van der Waals surface area contributed by atoms with Crippen molar-refractivity contribution >= 4 is 29.0 Å². The zero-order chi connectivity index (χ0) is 12.2. The van der Waals surface area contributed by atoms with E-state index >= 15 is 0 Å². The summed E-state index contributed by atoms with van der Waals surface area (Å²) in [5.41, 5.74) is 0.319. The van der Waals surface area contributed by atoms with Gasteiger partial charge in [0.2, 0.25) is 0 Å². The summed E-state index contributed by atoms with van der Waals surface area (Å²) in [6, 6.07) is 0. The van der Waals surface area contributed by atoms with E-state index < -0.39 is 11.7 Å². The average Bonchev–Trinajstić information content (AvgIpc) is 2.59. The number of aromatic nitrogens is 1. The number of thiazole rings is 1. The maximum atomic E-state index is 11.3. The van der Waals surface area contributed by atoms with Crippen LogP contribution in [0.15, 0.2) is 5.38 Å². The minimum Gasteiger partial charge on any atom is -0.444 e. The van der Waals surface area contributed by atoms with Gasteiger partial charge in [-0.1, -0.05) is 0 Å². The molecular formula is C10H15ClN2O2S. The minimum absolute atomic E-state index is 0.363. The van der Waals surface area contributed by atoms with Gasteiger partial charge in [-0.15, -0.1) is 22.9 Å².